The molecule has 2 heteroatoms. The van der Waals surface area contributed by atoms with E-state index in [1.54, 1.807) is 0 Å². The van der Waals surface area contributed by atoms with Crippen molar-refractivity contribution in [2.45, 2.75) is 12.8 Å². The van der Waals surface area contributed by atoms with Gasteiger partial charge in [0.05, 0.1) is 0 Å². The van der Waals surface area contributed by atoms with E-state index in [4.69, 9.17) is 8.83 Å². The number of furan rings is 2. The molecule has 10 aromatic rings. The van der Waals surface area contributed by atoms with Crippen molar-refractivity contribution in [2.24, 2.45) is 0 Å². The molecule has 1 aliphatic carbocycles. The van der Waals surface area contributed by atoms with Crippen molar-refractivity contribution in [3.8, 4) is 33.4 Å². The van der Waals surface area contributed by atoms with E-state index in [9.17, 15) is 0 Å². The molecule has 0 amide bonds. The van der Waals surface area contributed by atoms with Gasteiger partial charge in [0.25, 0.3) is 0 Å². The summed E-state index contributed by atoms with van der Waals surface area (Å²) in [4.78, 5) is 0. The van der Waals surface area contributed by atoms with Crippen LogP contribution in [0.1, 0.15) is 11.1 Å². The Hall–Kier alpha value is -6.12. The zero-order valence-electron chi connectivity index (χ0n) is 26.1. The van der Waals surface area contributed by atoms with E-state index in [0.29, 0.717) is 0 Å². The summed E-state index contributed by atoms with van der Waals surface area (Å²) in [6.45, 7) is 0. The molecule has 0 radical (unpaired) electrons. The Labute approximate surface area is 276 Å². The minimum absolute atomic E-state index is 0.905. The van der Waals surface area contributed by atoms with Gasteiger partial charge < -0.3 is 8.83 Å². The lowest BCUT2D eigenvalue weighted by atomic mass is 9.78. The summed E-state index contributed by atoms with van der Waals surface area (Å²) in [6.07, 6.45) is 1.87. The summed E-state index contributed by atoms with van der Waals surface area (Å²) in [5, 5.41) is 9.59. The van der Waals surface area contributed by atoms with Gasteiger partial charge in [-0.05, 0) is 86.5 Å². The number of para-hydroxylation sites is 2. The number of fused-ring (bicyclic) bond motifs is 13. The minimum Gasteiger partial charge on any atom is -0.455 e. The largest absolute Gasteiger partial charge is 0.455 e. The molecule has 0 bridgehead atoms. The first-order valence-corrected chi connectivity index (χ1v) is 16.7. The molecule has 0 atom stereocenters. The van der Waals surface area contributed by atoms with Crippen LogP contribution < -0.4 is 0 Å². The third-order valence-electron chi connectivity index (χ3n) is 10.5. The van der Waals surface area contributed by atoms with Crippen LogP contribution in [-0.2, 0) is 12.8 Å². The van der Waals surface area contributed by atoms with Gasteiger partial charge in [0.1, 0.15) is 22.3 Å². The van der Waals surface area contributed by atoms with E-state index in [1.807, 2.05) is 0 Å². The second kappa shape index (κ2) is 9.70. The number of benzene rings is 8. The average molecular weight is 613 g/mol. The van der Waals surface area contributed by atoms with Gasteiger partial charge in [-0.15, -0.1) is 0 Å². The van der Waals surface area contributed by atoms with E-state index in [1.165, 1.54) is 71.3 Å². The molecule has 0 N–H and O–H groups in total. The van der Waals surface area contributed by atoms with Crippen LogP contribution in [0.25, 0.3) is 98.8 Å². The number of rotatable bonds is 2. The SMILES string of the molecule is c1ccc2c(-c3cc4c(c5c3oc3ccccc35)-c3c(cc(-c5cccc6ccccc56)c5c3oc3ccccc35)CC4)cccc2c1. The Morgan fingerprint density at radius 2 is 0.833 bits per heavy atom. The Balaban J connectivity index is 1.30. The molecule has 224 valence electrons. The zero-order chi connectivity index (χ0) is 31.3. The summed E-state index contributed by atoms with van der Waals surface area (Å²) < 4.78 is 13.8. The lowest BCUT2D eigenvalue weighted by molar-refractivity contribution is 0.668. The van der Waals surface area contributed by atoms with Crippen molar-refractivity contribution in [1.82, 2.24) is 0 Å². The van der Waals surface area contributed by atoms with Gasteiger partial charge in [0, 0.05) is 38.2 Å². The van der Waals surface area contributed by atoms with Crippen LogP contribution in [0.3, 0.4) is 0 Å². The molecule has 0 spiro atoms. The van der Waals surface area contributed by atoms with Crippen LogP contribution in [-0.4, -0.2) is 0 Å². The minimum atomic E-state index is 0.905. The van der Waals surface area contributed by atoms with Gasteiger partial charge in [-0.3, -0.25) is 0 Å². The molecule has 0 saturated heterocycles. The Morgan fingerprint density at radius 1 is 0.354 bits per heavy atom. The van der Waals surface area contributed by atoms with Gasteiger partial charge in [-0.2, -0.15) is 0 Å². The Morgan fingerprint density at radius 3 is 1.50 bits per heavy atom. The molecule has 8 aromatic carbocycles. The fourth-order valence-electron chi connectivity index (χ4n) is 8.47. The molecule has 2 nitrogen and oxygen atoms in total. The van der Waals surface area contributed by atoms with E-state index in [0.717, 1.165) is 51.5 Å². The van der Waals surface area contributed by atoms with Crippen LogP contribution in [0.15, 0.2) is 154 Å². The standard InChI is InChI=1S/C46H28O2/c1-3-15-31-27(11-1)13-9-19-33(31)37-25-30-24-23-29-26-38(34-20-10-14-28-12-2-4-16-32(28)34)45-44(36-18-6-8-22-40(36)47-45)41(29)42(30)46-43(37)35-17-5-7-21-39(35)48-46/h1-22,25-26H,23-24H2. The van der Waals surface area contributed by atoms with Crippen molar-refractivity contribution < 1.29 is 8.83 Å². The van der Waals surface area contributed by atoms with Gasteiger partial charge in [-0.1, -0.05) is 121 Å². The fourth-order valence-corrected chi connectivity index (χ4v) is 8.47. The molecule has 2 aromatic heterocycles. The molecule has 0 aliphatic heterocycles. The number of hydrogen-bond donors (Lipinski definition) is 0. The molecular weight excluding hydrogens is 585 g/mol. The second-order valence-corrected chi connectivity index (χ2v) is 13.1. The topological polar surface area (TPSA) is 26.3 Å². The van der Waals surface area contributed by atoms with Crippen LogP contribution in [0.5, 0.6) is 0 Å². The van der Waals surface area contributed by atoms with Gasteiger partial charge in [0.15, 0.2) is 0 Å². The summed E-state index contributed by atoms with van der Waals surface area (Å²) >= 11 is 0. The highest BCUT2D eigenvalue weighted by atomic mass is 16.3. The monoisotopic (exact) mass is 612 g/mol. The molecule has 0 unspecified atom stereocenters. The van der Waals surface area contributed by atoms with Crippen molar-refractivity contribution >= 4 is 65.4 Å². The zero-order valence-corrected chi connectivity index (χ0v) is 26.1. The lowest BCUT2D eigenvalue weighted by Crippen LogP contribution is -2.06. The van der Waals surface area contributed by atoms with Gasteiger partial charge >= 0.3 is 0 Å². The number of aryl methyl sites for hydroxylation is 2. The molecule has 0 saturated carbocycles. The molecule has 48 heavy (non-hydrogen) atoms. The molecule has 1 aliphatic rings. The maximum atomic E-state index is 6.96. The maximum absolute atomic E-state index is 6.96. The molecule has 11 rings (SSSR count). The third kappa shape index (κ3) is 3.52. The Bertz CT molecular complexity index is 2940. The summed E-state index contributed by atoms with van der Waals surface area (Å²) in [5.74, 6) is 0. The number of hydrogen-bond acceptors (Lipinski definition) is 2. The highest BCUT2D eigenvalue weighted by Crippen LogP contribution is 2.52. The summed E-state index contributed by atoms with van der Waals surface area (Å²) in [5.41, 5.74) is 13.6. The predicted octanol–water partition coefficient (Wildman–Crippen LogP) is 12.9. The second-order valence-electron chi connectivity index (χ2n) is 13.1. The summed E-state index contributed by atoms with van der Waals surface area (Å²) in [7, 11) is 0. The first-order chi connectivity index (χ1) is 23.8. The fraction of sp³-hybridized carbons (Fsp3) is 0.0435. The Kier molecular flexibility index (Phi) is 5.25. The smallest absolute Gasteiger partial charge is 0.144 e. The molecular formula is C46H28O2. The quantitative estimate of drug-likeness (QED) is 0.194. The summed E-state index contributed by atoms with van der Waals surface area (Å²) in [6, 6.07) is 52.4. The van der Waals surface area contributed by atoms with E-state index >= 15 is 0 Å². The van der Waals surface area contributed by atoms with E-state index in [-0.39, 0.29) is 0 Å². The van der Waals surface area contributed by atoms with Crippen LogP contribution in [0.2, 0.25) is 0 Å². The predicted molar refractivity (Wildman–Crippen MR) is 200 cm³/mol. The highest BCUT2D eigenvalue weighted by Gasteiger charge is 2.30. The first kappa shape index (κ1) is 26.0. The van der Waals surface area contributed by atoms with Crippen LogP contribution in [0, 0.1) is 0 Å². The normalized spacial score (nSPS) is 12.8. The lowest BCUT2D eigenvalue weighted by Gasteiger charge is -2.24. The highest BCUT2D eigenvalue weighted by molar-refractivity contribution is 6.24. The van der Waals surface area contributed by atoms with Gasteiger partial charge in [0.2, 0.25) is 0 Å². The van der Waals surface area contributed by atoms with E-state index < -0.39 is 0 Å². The van der Waals surface area contributed by atoms with Gasteiger partial charge in [-0.25, -0.2) is 0 Å². The molecule has 0 fully saturated rings. The van der Waals surface area contributed by atoms with Crippen molar-refractivity contribution in [3.05, 3.63) is 157 Å². The van der Waals surface area contributed by atoms with Crippen molar-refractivity contribution in [1.29, 1.82) is 0 Å². The van der Waals surface area contributed by atoms with Crippen molar-refractivity contribution in [2.75, 3.05) is 0 Å². The van der Waals surface area contributed by atoms with Crippen LogP contribution >= 0.6 is 0 Å². The maximum Gasteiger partial charge on any atom is 0.144 e. The average Bonchev–Trinajstić information content (AvgIpc) is 3.73. The van der Waals surface area contributed by atoms with Crippen LogP contribution in [0.4, 0.5) is 0 Å². The molecule has 2 heterocycles. The first-order valence-electron chi connectivity index (χ1n) is 16.7. The van der Waals surface area contributed by atoms with Crippen molar-refractivity contribution in [3.63, 3.8) is 0 Å². The van der Waals surface area contributed by atoms with E-state index in [2.05, 4.69) is 146 Å². The third-order valence-corrected chi connectivity index (χ3v) is 10.5.